The Bertz CT molecular complexity index is 161. The van der Waals surface area contributed by atoms with Crippen LogP contribution in [-0.2, 0) is 0 Å². The van der Waals surface area contributed by atoms with Gasteiger partial charge in [-0.3, -0.25) is 0 Å². The van der Waals surface area contributed by atoms with Crippen LogP contribution in [0.4, 0.5) is 0 Å². The zero-order valence-corrected chi connectivity index (χ0v) is 9.67. The van der Waals surface area contributed by atoms with Gasteiger partial charge in [-0.25, -0.2) is 0 Å². The topological polar surface area (TPSA) is 3.24 Å². The molecule has 0 radical (unpaired) electrons. The van der Waals surface area contributed by atoms with Gasteiger partial charge >= 0.3 is 0 Å². The molecule has 0 bridgehead atoms. The Labute approximate surface area is 88.9 Å². The lowest BCUT2D eigenvalue weighted by molar-refractivity contribution is 0.123. The Morgan fingerprint density at radius 3 is 2.36 bits per heavy atom. The summed E-state index contributed by atoms with van der Waals surface area (Å²) >= 11 is 0. The molecule has 14 heavy (non-hydrogen) atoms. The minimum Gasteiger partial charge on any atom is -0.300 e. The fourth-order valence-electron chi connectivity index (χ4n) is 3.13. The molecule has 1 saturated carbocycles. The molecule has 1 saturated heterocycles. The van der Waals surface area contributed by atoms with Crippen LogP contribution in [0.25, 0.3) is 0 Å². The molecule has 2 aliphatic rings. The van der Waals surface area contributed by atoms with E-state index in [0.717, 1.165) is 12.0 Å². The molecular weight excluding hydrogens is 170 g/mol. The first-order valence-electron chi connectivity index (χ1n) is 6.60. The van der Waals surface area contributed by atoms with Gasteiger partial charge in [0.2, 0.25) is 0 Å². The molecule has 1 aliphatic carbocycles. The maximum absolute atomic E-state index is 2.75. The lowest BCUT2D eigenvalue weighted by atomic mass is 9.88. The van der Waals surface area contributed by atoms with Gasteiger partial charge < -0.3 is 4.90 Å². The van der Waals surface area contributed by atoms with Crippen molar-refractivity contribution in [2.24, 2.45) is 5.92 Å². The van der Waals surface area contributed by atoms with Crippen molar-refractivity contribution in [1.29, 1.82) is 0 Å². The number of piperidine rings is 1. The van der Waals surface area contributed by atoms with Crippen molar-refractivity contribution in [3.8, 4) is 0 Å². The monoisotopic (exact) mass is 195 g/mol. The summed E-state index contributed by atoms with van der Waals surface area (Å²) in [4.78, 5) is 2.75. The molecule has 0 amide bonds. The molecule has 1 nitrogen and oxygen atoms in total. The van der Waals surface area contributed by atoms with E-state index >= 15 is 0 Å². The Hall–Kier alpha value is -0.0400. The van der Waals surface area contributed by atoms with E-state index in [0.29, 0.717) is 0 Å². The summed E-state index contributed by atoms with van der Waals surface area (Å²) in [5.74, 6) is 1.03. The summed E-state index contributed by atoms with van der Waals surface area (Å²) in [6.45, 7) is 5.20. The van der Waals surface area contributed by atoms with Crippen LogP contribution in [-0.4, -0.2) is 24.0 Å². The van der Waals surface area contributed by atoms with Gasteiger partial charge in [-0.2, -0.15) is 0 Å². The smallest absolute Gasteiger partial charge is 0.00670 e. The lowest BCUT2D eigenvalue weighted by Crippen LogP contribution is -2.40. The highest BCUT2D eigenvalue weighted by Gasteiger charge is 2.22. The van der Waals surface area contributed by atoms with Crippen molar-refractivity contribution in [3.63, 3.8) is 0 Å². The average Bonchev–Trinajstić information content (AvgIpc) is 2.23. The zero-order chi connectivity index (χ0) is 9.80. The normalized spacial score (nSPS) is 31.9. The van der Waals surface area contributed by atoms with E-state index in [1.807, 2.05) is 0 Å². The third-order valence-electron chi connectivity index (χ3n) is 4.16. The molecule has 1 aliphatic heterocycles. The average molecular weight is 195 g/mol. The number of hydrogen-bond donors (Lipinski definition) is 0. The van der Waals surface area contributed by atoms with Crippen LogP contribution in [0, 0.1) is 5.92 Å². The second kappa shape index (κ2) is 5.16. The second-order valence-electron chi connectivity index (χ2n) is 5.34. The van der Waals surface area contributed by atoms with Crippen molar-refractivity contribution >= 4 is 0 Å². The third kappa shape index (κ3) is 2.73. The van der Waals surface area contributed by atoms with Crippen molar-refractivity contribution in [2.75, 3.05) is 13.1 Å². The Morgan fingerprint density at radius 2 is 1.64 bits per heavy atom. The number of rotatable bonds is 2. The number of nitrogens with zero attached hydrogens (tertiary/aromatic N) is 1. The Kier molecular flexibility index (Phi) is 3.86. The van der Waals surface area contributed by atoms with Gasteiger partial charge in [0.05, 0.1) is 0 Å². The summed E-state index contributed by atoms with van der Waals surface area (Å²) in [6.07, 6.45) is 11.8. The minimum atomic E-state index is 0.866. The summed E-state index contributed by atoms with van der Waals surface area (Å²) < 4.78 is 0. The van der Waals surface area contributed by atoms with Gasteiger partial charge in [0.1, 0.15) is 0 Å². The maximum atomic E-state index is 2.75. The van der Waals surface area contributed by atoms with Crippen LogP contribution in [0.2, 0.25) is 0 Å². The molecule has 2 rings (SSSR count). The summed E-state index contributed by atoms with van der Waals surface area (Å²) in [6, 6.07) is 0.866. The van der Waals surface area contributed by atoms with Crippen LogP contribution in [0.5, 0.6) is 0 Å². The summed E-state index contributed by atoms with van der Waals surface area (Å²) in [7, 11) is 0. The Morgan fingerprint density at radius 1 is 0.929 bits per heavy atom. The third-order valence-corrected chi connectivity index (χ3v) is 4.16. The van der Waals surface area contributed by atoms with Crippen LogP contribution < -0.4 is 0 Å². The standard InChI is InChI=1S/C13H25N/c1-12-7-5-6-10-14(12)11-13-8-3-2-4-9-13/h12-13H,2-11H2,1H3. The molecular formula is C13H25N. The quantitative estimate of drug-likeness (QED) is 0.652. The van der Waals surface area contributed by atoms with Gasteiger partial charge in [0, 0.05) is 12.6 Å². The zero-order valence-electron chi connectivity index (χ0n) is 9.67. The van der Waals surface area contributed by atoms with Crippen molar-refractivity contribution < 1.29 is 0 Å². The molecule has 0 aromatic heterocycles. The molecule has 82 valence electrons. The largest absolute Gasteiger partial charge is 0.300 e. The van der Waals surface area contributed by atoms with E-state index in [2.05, 4.69) is 11.8 Å². The summed E-state index contributed by atoms with van der Waals surface area (Å²) in [5.41, 5.74) is 0. The SMILES string of the molecule is CC1CCCCN1CC1CCCCC1. The van der Waals surface area contributed by atoms with E-state index < -0.39 is 0 Å². The predicted molar refractivity (Wildman–Crippen MR) is 61.5 cm³/mol. The van der Waals surface area contributed by atoms with E-state index in [1.54, 1.807) is 0 Å². The first-order valence-corrected chi connectivity index (χ1v) is 6.60. The molecule has 1 heteroatoms. The molecule has 0 N–H and O–H groups in total. The molecule has 1 atom stereocenters. The van der Waals surface area contributed by atoms with Gasteiger partial charge in [-0.15, -0.1) is 0 Å². The molecule has 2 fully saturated rings. The highest BCUT2D eigenvalue weighted by Crippen LogP contribution is 2.26. The van der Waals surface area contributed by atoms with Gasteiger partial charge in [-0.1, -0.05) is 25.7 Å². The summed E-state index contributed by atoms with van der Waals surface area (Å²) in [5, 5.41) is 0. The number of likely N-dealkylation sites (tertiary alicyclic amines) is 1. The van der Waals surface area contributed by atoms with E-state index in [1.165, 1.54) is 64.5 Å². The maximum Gasteiger partial charge on any atom is 0.00670 e. The van der Waals surface area contributed by atoms with Crippen molar-refractivity contribution in [3.05, 3.63) is 0 Å². The van der Waals surface area contributed by atoms with Gasteiger partial charge in [0.25, 0.3) is 0 Å². The van der Waals surface area contributed by atoms with Gasteiger partial charge in [-0.05, 0) is 45.1 Å². The molecule has 0 spiro atoms. The van der Waals surface area contributed by atoms with Gasteiger partial charge in [0.15, 0.2) is 0 Å². The van der Waals surface area contributed by atoms with Crippen LogP contribution >= 0.6 is 0 Å². The molecule has 0 aromatic carbocycles. The van der Waals surface area contributed by atoms with E-state index in [9.17, 15) is 0 Å². The predicted octanol–water partition coefficient (Wildman–Crippen LogP) is 3.44. The van der Waals surface area contributed by atoms with Crippen molar-refractivity contribution in [1.82, 2.24) is 4.90 Å². The van der Waals surface area contributed by atoms with Crippen LogP contribution in [0.3, 0.4) is 0 Å². The van der Waals surface area contributed by atoms with E-state index in [4.69, 9.17) is 0 Å². The second-order valence-corrected chi connectivity index (χ2v) is 5.34. The fraction of sp³-hybridized carbons (Fsp3) is 1.00. The lowest BCUT2D eigenvalue weighted by Gasteiger charge is -2.37. The van der Waals surface area contributed by atoms with E-state index in [-0.39, 0.29) is 0 Å². The first kappa shape index (κ1) is 10.5. The highest BCUT2D eigenvalue weighted by molar-refractivity contribution is 4.77. The van der Waals surface area contributed by atoms with Crippen LogP contribution in [0.1, 0.15) is 58.3 Å². The fourth-order valence-corrected chi connectivity index (χ4v) is 3.13. The van der Waals surface area contributed by atoms with Crippen molar-refractivity contribution in [2.45, 2.75) is 64.3 Å². The Balaban J connectivity index is 1.76. The molecule has 1 heterocycles. The molecule has 1 unspecified atom stereocenters. The molecule has 0 aromatic rings. The highest BCUT2D eigenvalue weighted by atomic mass is 15.2. The number of hydrogen-bond acceptors (Lipinski definition) is 1. The van der Waals surface area contributed by atoms with Crippen LogP contribution in [0.15, 0.2) is 0 Å². The minimum absolute atomic E-state index is 0.866. The first-order chi connectivity index (χ1) is 6.86.